The number of likely N-dealkylation sites (N-methyl/N-ethyl adjacent to an activating group) is 1. The molecule has 120 valence electrons. The van der Waals surface area contributed by atoms with Crippen LogP contribution in [0.1, 0.15) is 38.8 Å². The van der Waals surface area contributed by atoms with E-state index >= 15 is 0 Å². The summed E-state index contributed by atoms with van der Waals surface area (Å²) in [5.41, 5.74) is 2.78. The van der Waals surface area contributed by atoms with Gasteiger partial charge in [-0.1, -0.05) is 45.0 Å². The lowest BCUT2D eigenvalue weighted by Gasteiger charge is -2.27. The van der Waals surface area contributed by atoms with Crippen LogP contribution < -0.4 is 5.32 Å². The van der Waals surface area contributed by atoms with Crippen LogP contribution in [0.25, 0.3) is 0 Å². The maximum Gasteiger partial charge on any atom is 0.0615 e. The number of nitrogens with zero attached hydrogens (tertiary/aromatic N) is 1. The molecular weight excluding hydrogens is 260 g/mol. The first-order valence-electron chi connectivity index (χ1n) is 8.11. The van der Waals surface area contributed by atoms with Crippen molar-refractivity contribution in [2.45, 2.75) is 52.7 Å². The van der Waals surface area contributed by atoms with E-state index in [0.29, 0.717) is 12.1 Å². The van der Waals surface area contributed by atoms with E-state index in [4.69, 9.17) is 4.74 Å². The van der Waals surface area contributed by atoms with E-state index < -0.39 is 0 Å². The zero-order valence-corrected chi connectivity index (χ0v) is 14.4. The molecule has 1 N–H and O–H groups in total. The van der Waals surface area contributed by atoms with Crippen molar-refractivity contribution >= 4 is 0 Å². The molecular formula is C18H32N2O. The molecule has 1 atom stereocenters. The van der Waals surface area contributed by atoms with Gasteiger partial charge >= 0.3 is 0 Å². The van der Waals surface area contributed by atoms with Crippen molar-refractivity contribution in [3.05, 3.63) is 35.4 Å². The quantitative estimate of drug-likeness (QED) is 0.717. The summed E-state index contributed by atoms with van der Waals surface area (Å²) in [6.07, 6.45) is 1.09. The van der Waals surface area contributed by atoms with Crippen molar-refractivity contribution in [3.63, 3.8) is 0 Å². The largest absolute Gasteiger partial charge is 0.383 e. The molecule has 21 heavy (non-hydrogen) atoms. The van der Waals surface area contributed by atoms with Crippen LogP contribution in [-0.4, -0.2) is 43.8 Å². The average Bonchev–Trinajstić information content (AvgIpc) is 2.46. The van der Waals surface area contributed by atoms with Gasteiger partial charge in [0.1, 0.15) is 0 Å². The number of benzene rings is 1. The van der Waals surface area contributed by atoms with Gasteiger partial charge in [-0.3, -0.25) is 4.90 Å². The van der Waals surface area contributed by atoms with Gasteiger partial charge in [0.2, 0.25) is 0 Å². The predicted molar refractivity (Wildman–Crippen MR) is 90.7 cm³/mol. The van der Waals surface area contributed by atoms with Crippen molar-refractivity contribution in [1.82, 2.24) is 10.2 Å². The van der Waals surface area contributed by atoms with Gasteiger partial charge in [0.15, 0.2) is 0 Å². The van der Waals surface area contributed by atoms with Crippen LogP contribution in [0.3, 0.4) is 0 Å². The molecule has 0 aliphatic heterocycles. The van der Waals surface area contributed by atoms with Gasteiger partial charge in [0.25, 0.3) is 0 Å². The van der Waals surface area contributed by atoms with Crippen LogP contribution in [-0.2, 0) is 17.7 Å². The zero-order valence-electron chi connectivity index (χ0n) is 14.4. The first kappa shape index (κ1) is 18.1. The van der Waals surface area contributed by atoms with Crippen molar-refractivity contribution in [3.8, 4) is 0 Å². The molecule has 0 aliphatic rings. The Bertz CT molecular complexity index is 375. The summed E-state index contributed by atoms with van der Waals surface area (Å²) in [6.45, 7) is 12.7. The molecule has 1 aromatic carbocycles. The highest BCUT2D eigenvalue weighted by Gasteiger charge is 2.12. The van der Waals surface area contributed by atoms with Crippen LogP contribution in [0.4, 0.5) is 0 Å². The summed E-state index contributed by atoms with van der Waals surface area (Å²) < 4.78 is 5.26. The molecule has 0 aromatic heterocycles. The Labute approximate surface area is 130 Å². The van der Waals surface area contributed by atoms with Crippen LogP contribution >= 0.6 is 0 Å². The van der Waals surface area contributed by atoms with Crippen molar-refractivity contribution < 1.29 is 4.74 Å². The second-order valence-corrected chi connectivity index (χ2v) is 6.04. The standard InChI is InChI=1S/C18H32N2O/c1-6-20(16(4)14-21-5)13-18-9-7-17(8-10-18)11-12-19-15(2)3/h7-10,15-16,19H,6,11-14H2,1-5H3. The second kappa shape index (κ2) is 9.93. The number of hydrogen-bond acceptors (Lipinski definition) is 3. The minimum Gasteiger partial charge on any atom is -0.383 e. The number of nitrogens with one attached hydrogen (secondary N) is 1. The SMILES string of the molecule is CCN(Cc1ccc(CCNC(C)C)cc1)C(C)COC. The van der Waals surface area contributed by atoms with Crippen molar-refractivity contribution in [2.24, 2.45) is 0 Å². The normalized spacial score (nSPS) is 13.1. The van der Waals surface area contributed by atoms with E-state index in [0.717, 1.165) is 32.7 Å². The van der Waals surface area contributed by atoms with E-state index in [1.54, 1.807) is 7.11 Å². The Morgan fingerprint density at radius 2 is 1.71 bits per heavy atom. The lowest BCUT2D eigenvalue weighted by atomic mass is 10.1. The molecule has 0 amide bonds. The third-order valence-corrected chi connectivity index (χ3v) is 3.81. The van der Waals surface area contributed by atoms with E-state index in [9.17, 15) is 0 Å². The second-order valence-electron chi connectivity index (χ2n) is 6.04. The predicted octanol–water partition coefficient (Wildman–Crippen LogP) is 3.08. The zero-order chi connectivity index (χ0) is 15.7. The van der Waals surface area contributed by atoms with E-state index in [1.165, 1.54) is 11.1 Å². The summed E-state index contributed by atoms with van der Waals surface area (Å²) in [7, 11) is 1.77. The fourth-order valence-electron chi connectivity index (χ4n) is 2.48. The molecule has 0 spiro atoms. The Morgan fingerprint density at radius 1 is 1.10 bits per heavy atom. The molecule has 3 nitrogen and oxygen atoms in total. The highest BCUT2D eigenvalue weighted by atomic mass is 16.5. The molecule has 0 saturated heterocycles. The number of hydrogen-bond donors (Lipinski definition) is 1. The maximum absolute atomic E-state index is 5.26. The summed E-state index contributed by atoms with van der Waals surface area (Å²) >= 11 is 0. The topological polar surface area (TPSA) is 24.5 Å². The average molecular weight is 292 g/mol. The first-order valence-corrected chi connectivity index (χ1v) is 8.11. The van der Waals surface area contributed by atoms with Gasteiger partial charge < -0.3 is 10.1 Å². The van der Waals surface area contributed by atoms with Crippen molar-refractivity contribution in [1.29, 1.82) is 0 Å². The van der Waals surface area contributed by atoms with Gasteiger partial charge in [0, 0.05) is 25.7 Å². The summed E-state index contributed by atoms with van der Waals surface area (Å²) in [4.78, 5) is 2.44. The Morgan fingerprint density at radius 3 is 2.24 bits per heavy atom. The third kappa shape index (κ3) is 7.07. The van der Waals surface area contributed by atoms with Gasteiger partial charge in [-0.05, 0) is 37.6 Å². The number of rotatable bonds is 10. The minimum atomic E-state index is 0.454. The number of methoxy groups -OCH3 is 1. The van der Waals surface area contributed by atoms with Crippen LogP contribution in [0.2, 0.25) is 0 Å². The van der Waals surface area contributed by atoms with Gasteiger partial charge in [0.05, 0.1) is 6.61 Å². The monoisotopic (exact) mass is 292 g/mol. The number of ether oxygens (including phenoxy) is 1. The van der Waals surface area contributed by atoms with Crippen LogP contribution in [0.5, 0.6) is 0 Å². The first-order chi connectivity index (χ1) is 10.1. The van der Waals surface area contributed by atoms with E-state index in [2.05, 4.69) is 62.2 Å². The highest BCUT2D eigenvalue weighted by molar-refractivity contribution is 5.22. The molecule has 0 fully saturated rings. The fourth-order valence-corrected chi connectivity index (χ4v) is 2.48. The molecule has 0 radical (unpaired) electrons. The Balaban J connectivity index is 2.49. The third-order valence-electron chi connectivity index (χ3n) is 3.81. The highest BCUT2D eigenvalue weighted by Crippen LogP contribution is 2.10. The van der Waals surface area contributed by atoms with E-state index in [1.807, 2.05) is 0 Å². The van der Waals surface area contributed by atoms with Gasteiger partial charge in [-0.2, -0.15) is 0 Å². The lowest BCUT2D eigenvalue weighted by Crippen LogP contribution is -2.35. The minimum absolute atomic E-state index is 0.454. The van der Waals surface area contributed by atoms with Gasteiger partial charge in [-0.15, -0.1) is 0 Å². The maximum atomic E-state index is 5.26. The molecule has 1 unspecified atom stereocenters. The lowest BCUT2D eigenvalue weighted by molar-refractivity contribution is 0.0982. The van der Waals surface area contributed by atoms with E-state index in [-0.39, 0.29) is 0 Å². The van der Waals surface area contributed by atoms with Crippen LogP contribution in [0, 0.1) is 0 Å². The van der Waals surface area contributed by atoms with Crippen LogP contribution in [0.15, 0.2) is 24.3 Å². The Kier molecular flexibility index (Phi) is 8.58. The molecule has 0 aliphatic carbocycles. The summed E-state index contributed by atoms with van der Waals surface area (Å²) in [5, 5.41) is 3.46. The molecule has 0 saturated carbocycles. The molecule has 1 rings (SSSR count). The van der Waals surface area contributed by atoms with Gasteiger partial charge in [-0.25, -0.2) is 0 Å². The Hall–Kier alpha value is -0.900. The summed E-state index contributed by atoms with van der Waals surface area (Å²) in [6, 6.07) is 10.0. The smallest absolute Gasteiger partial charge is 0.0615 e. The fraction of sp³-hybridized carbons (Fsp3) is 0.667. The van der Waals surface area contributed by atoms with Crippen molar-refractivity contribution in [2.75, 3.05) is 26.8 Å². The summed E-state index contributed by atoms with van der Waals surface area (Å²) in [5.74, 6) is 0. The molecule has 1 aromatic rings. The molecule has 0 bridgehead atoms. The molecule has 3 heteroatoms. The molecule has 0 heterocycles.